The molecule has 0 aliphatic rings. The summed E-state index contributed by atoms with van der Waals surface area (Å²) in [6.45, 7) is 2.93. The van der Waals surface area contributed by atoms with Gasteiger partial charge in [0.2, 0.25) is 0 Å². The van der Waals surface area contributed by atoms with Crippen LogP contribution >= 0.6 is 0 Å². The number of nitrogens with one attached hydrogen (secondary N) is 1. The Labute approximate surface area is 102 Å². The largest absolute Gasteiger partial charge is 0.497 e. The zero-order valence-electron chi connectivity index (χ0n) is 10.2. The van der Waals surface area contributed by atoms with E-state index in [-0.39, 0.29) is 0 Å². The van der Waals surface area contributed by atoms with E-state index in [1.165, 1.54) is 11.1 Å². The van der Waals surface area contributed by atoms with Crippen molar-refractivity contribution in [3.8, 4) is 5.75 Å². The Kier molecular flexibility index (Phi) is 3.66. The van der Waals surface area contributed by atoms with Crippen LogP contribution in [0.25, 0.3) is 0 Å². The van der Waals surface area contributed by atoms with Crippen LogP contribution in [-0.2, 0) is 6.54 Å². The highest BCUT2D eigenvalue weighted by Crippen LogP contribution is 2.18. The van der Waals surface area contributed by atoms with Crippen molar-refractivity contribution in [3.63, 3.8) is 0 Å². The zero-order chi connectivity index (χ0) is 12.1. The minimum Gasteiger partial charge on any atom is -0.497 e. The third kappa shape index (κ3) is 3.00. The number of aryl methyl sites for hydroxylation is 1. The standard InChI is InChI=1S/C15H17NO/c1-12-10-15(17-2)9-8-13(12)11-16-14-6-4-3-5-7-14/h3-10,16H,11H2,1-2H3. The molecule has 0 saturated heterocycles. The van der Waals surface area contributed by atoms with Crippen molar-refractivity contribution in [1.29, 1.82) is 0 Å². The summed E-state index contributed by atoms with van der Waals surface area (Å²) in [4.78, 5) is 0. The summed E-state index contributed by atoms with van der Waals surface area (Å²) in [6, 6.07) is 16.4. The lowest BCUT2D eigenvalue weighted by molar-refractivity contribution is 0.414. The molecule has 2 heteroatoms. The van der Waals surface area contributed by atoms with E-state index in [9.17, 15) is 0 Å². The molecule has 0 aliphatic heterocycles. The molecule has 0 unspecified atom stereocenters. The average Bonchev–Trinajstić information content (AvgIpc) is 2.38. The fraction of sp³-hybridized carbons (Fsp3) is 0.200. The number of hydrogen-bond acceptors (Lipinski definition) is 2. The third-order valence-electron chi connectivity index (χ3n) is 2.81. The third-order valence-corrected chi connectivity index (χ3v) is 2.81. The quantitative estimate of drug-likeness (QED) is 0.861. The number of hydrogen-bond donors (Lipinski definition) is 1. The van der Waals surface area contributed by atoms with Crippen LogP contribution in [0.2, 0.25) is 0 Å². The molecule has 0 heterocycles. The van der Waals surface area contributed by atoms with Gasteiger partial charge in [0.25, 0.3) is 0 Å². The van der Waals surface area contributed by atoms with Gasteiger partial charge in [-0.25, -0.2) is 0 Å². The maximum atomic E-state index is 5.19. The van der Waals surface area contributed by atoms with E-state index in [0.29, 0.717) is 0 Å². The Balaban J connectivity index is 2.04. The molecule has 17 heavy (non-hydrogen) atoms. The van der Waals surface area contributed by atoms with Gasteiger partial charge in [-0.2, -0.15) is 0 Å². The van der Waals surface area contributed by atoms with Gasteiger partial charge in [-0.1, -0.05) is 24.3 Å². The van der Waals surface area contributed by atoms with Crippen molar-refractivity contribution in [2.45, 2.75) is 13.5 Å². The lowest BCUT2D eigenvalue weighted by Gasteiger charge is -2.10. The number of benzene rings is 2. The van der Waals surface area contributed by atoms with Gasteiger partial charge in [-0.05, 0) is 42.3 Å². The first-order chi connectivity index (χ1) is 8.29. The zero-order valence-corrected chi connectivity index (χ0v) is 10.2. The molecule has 0 spiro atoms. The Morgan fingerprint density at radius 3 is 2.47 bits per heavy atom. The van der Waals surface area contributed by atoms with Gasteiger partial charge in [-0.15, -0.1) is 0 Å². The summed E-state index contributed by atoms with van der Waals surface area (Å²) in [5.74, 6) is 0.908. The van der Waals surface area contributed by atoms with Crippen LogP contribution in [0.1, 0.15) is 11.1 Å². The summed E-state index contributed by atoms with van der Waals surface area (Å²) in [6.07, 6.45) is 0. The van der Waals surface area contributed by atoms with Crippen LogP contribution in [0.4, 0.5) is 5.69 Å². The first-order valence-corrected chi connectivity index (χ1v) is 5.72. The van der Waals surface area contributed by atoms with Crippen molar-refractivity contribution in [2.75, 3.05) is 12.4 Å². The maximum absolute atomic E-state index is 5.19. The summed E-state index contributed by atoms with van der Waals surface area (Å²) < 4.78 is 5.19. The second kappa shape index (κ2) is 5.39. The molecule has 0 atom stereocenters. The van der Waals surface area contributed by atoms with Gasteiger partial charge in [0.05, 0.1) is 7.11 Å². The number of ether oxygens (including phenoxy) is 1. The van der Waals surface area contributed by atoms with Crippen molar-refractivity contribution in [1.82, 2.24) is 0 Å². The van der Waals surface area contributed by atoms with Crippen LogP contribution in [0.15, 0.2) is 48.5 Å². The van der Waals surface area contributed by atoms with Gasteiger partial charge in [-0.3, -0.25) is 0 Å². The molecular weight excluding hydrogens is 210 g/mol. The highest BCUT2D eigenvalue weighted by atomic mass is 16.5. The number of para-hydroxylation sites is 1. The summed E-state index contributed by atoms with van der Waals surface area (Å²) in [5.41, 5.74) is 3.67. The highest BCUT2D eigenvalue weighted by molar-refractivity contribution is 5.44. The molecule has 88 valence electrons. The van der Waals surface area contributed by atoms with Gasteiger partial charge >= 0.3 is 0 Å². The maximum Gasteiger partial charge on any atom is 0.119 e. The number of rotatable bonds is 4. The number of anilines is 1. The topological polar surface area (TPSA) is 21.3 Å². The summed E-state index contributed by atoms with van der Waals surface area (Å²) >= 11 is 0. The fourth-order valence-electron chi connectivity index (χ4n) is 1.75. The van der Waals surface area contributed by atoms with Crippen LogP contribution in [-0.4, -0.2) is 7.11 Å². The second-order valence-electron chi connectivity index (χ2n) is 4.01. The Bertz CT molecular complexity index is 480. The minimum absolute atomic E-state index is 0.833. The SMILES string of the molecule is COc1ccc(CNc2ccccc2)c(C)c1. The van der Waals surface area contributed by atoms with E-state index < -0.39 is 0 Å². The predicted molar refractivity (Wildman–Crippen MR) is 71.5 cm³/mol. The molecule has 2 aromatic carbocycles. The lowest BCUT2D eigenvalue weighted by atomic mass is 10.1. The molecule has 0 aliphatic carbocycles. The van der Waals surface area contributed by atoms with E-state index in [4.69, 9.17) is 4.74 Å². The van der Waals surface area contributed by atoms with E-state index in [0.717, 1.165) is 18.0 Å². The van der Waals surface area contributed by atoms with E-state index >= 15 is 0 Å². The predicted octanol–water partition coefficient (Wildman–Crippen LogP) is 3.62. The van der Waals surface area contributed by atoms with Crippen LogP contribution in [0.3, 0.4) is 0 Å². The van der Waals surface area contributed by atoms with Crippen LogP contribution in [0.5, 0.6) is 5.75 Å². The molecule has 2 nitrogen and oxygen atoms in total. The molecular formula is C15H17NO. The van der Waals surface area contributed by atoms with Crippen molar-refractivity contribution < 1.29 is 4.74 Å². The molecule has 0 aromatic heterocycles. The monoisotopic (exact) mass is 227 g/mol. The van der Waals surface area contributed by atoms with Crippen molar-refractivity contribution in [3.05, 3.63) is 59.7 Å². The van der Waals surface area contributed by atoms with Crippen LogP contribution in [0, 0.1) is 6.92 Å². The Morgan fingerprint density at radius 1 is 1.06 bits per heavy atom. The average molecular weight is 227 g/mol. The smallest absolute Gasteiger partial charge is 0.119 e. The summed E-state index contributed by atoms with van der Waals surface area (Å²) in [5, 5.41) is 3.40. The molecule has 2 aromatic rings. The molecule has 0 saturated carbocycles. The Hall–Kier alpha value is -1.96. The normalized spacial score (nSPS) is 10.0. The molecule has 0 fully saturated rings. The van der Waals surface area contributed by atoms with E-state index in [1.807, 2.05) is 24.3 Å². The number of methoxy groups -OCH3 is 1. The van der Waals surface area contributed by atoms with E-state index in [2.05, 4.69) is 36.5 Å². The fourth-order valence-corrected chi connectivity index (χ4v) is 1.75. The molecule has 0 radical (unpaired) electrons. The first-order valence-electron chi connectivity index (χ1n) is 5.72. The minimum atomic E-state index is 0.833. The first kappa shape index (κ1) is 11.5. The van der Waals surface area contributed by atoms with Gasteiger partial charge in [0.15, 0.2) is 0 Å². The molecule has 2 rings (SSSR count). The molecule has 0 bridgehead atoms. The van der Waals surface area contributed by atoms with Crippen molar-refractivity contribution in [2.24, 2.45) is 0 Å². The Morgan fingerprint density at radius 2 is 1.82 bits per heavy atom. The van der Waals surface area contributed by atoms with Gasteiger partial charge in [0.1, 0.15) is 5.75 Å². The van der Waals surface area contributed by atoms with Crippen molar-refractivity contribution >= 4 is 5.69 Å². The lowest BCUT2D eigenvalue weighted by Crippen LogP contribution is -2.01. The van der Waals surface area contributed by atoms with Gasteiger partial charge < -0.3 is 10.1 Å². The van der Waals surface area contributed by atoms with E-state index in [1.54, 1.807) is 7.11 Å². The van der Waals surface area contributed by atoms with Crippen LogP contribution < -0.4 is 10.1 Å². The second-order valence-corrected chi connectivity index (χ2v) is 4.01. The molecule has 0 amide bonds. The highest BCUT2D eigenvalue weighted by Gasteiger charge is 2.00. The van der Waals surface area contributed by atoms with Gasteiger partial charge in [0, 0.05) is 12.2 Å². The molecule has 1 N–H and O–H groups in total. The summed E-state index contributed by atoms with van der Waals surface area (Å²) in [7, 11) is 1.69.